The molecular weight excluding hydrogens is 236 g/mol. The summed E-state index contributed by atoms with van der Waals surface area (Å²) in [5.74, 6) is 1.65. The Balaban J connectivity index is 2.03. The van der Waals surface area contributed by atoms with Crippen LogP contribution >= 0.6 is 0 Å². The van der Waals surface area contributed by atoms with Crippen molar-refractivity contribution in [2.24, 2.45) is 5.92 Å². The number of hydrogen-bond acceptors (Lipinski definition) is 3. The van der Waals surface area contributed by atoms with E-state index in [0.717, 1.165) is 29.9 Å². The van der Waals surface area contributed by atoms with Gasteiger partial charge in [-0.25, -0.2) is 0 Å². The molecule has 0 atom stereocenters. The standard InChI is InChI=1S/C16H26N2O/c1-12(2)8-9-18(14-4-5-14)11-13-10-15(19-3)6-7-16(13)17/h6-7,10,12,14H,4-5,8-9,11,17H2,1-3H3. The number of rotatable bonds is 7. The predicted molar refractivity (Wildman–Crippen MR) is 80.3 cm³/mol. The number of methoxy groups -OCH3 is 1. The van der Waals surface area contributed by atoms with E-state index in [4.69, 9.17) is 10.5 Å². The number of nitrogens with two attached hydrogens (primary N) is 1. The summed E-state index contributed by atoms with van der Waals surface area (Å²) < 4.78 is 5.29. The summed E-state index contributed by atoms with van der Waals surface area (Å²) in [4.78, 5) is 2.57. The Morgan fingerprint density at radius 1 is 1.37 bits per heavy atom. The zero-order valence-electron chi connectivity index (χ0n) is 12.4. The first kappa shape index (κ1) is 14.2. The zero-order valence-corrected chi connectivity index (χ0v) is 12.4. The topological polar surface area (TPSA) is 38.5 Å². The first-order valence-electron chi connectivity index (χ1n) is 7.26. The number of ether oxygens (including phenoxy) is 1. The molecule has 0 heterocycles. The third kappa shape index (κ3) is 4.13. The molecule has 0 unspecified atom stereocenters. The van der Waals surface area contributed by atoms with Gasteiger partial charge in [0.25, 0.3) is 0 Å². The number of nitrogens with zero attached hydrogens (tertiary/aromatic N) is 1. The Bertz CT molecular complexity index is 413. The lowest BCUT2D eigenvalue weighted by Crippen LogP contribution is -2.28. The fraction of sp³-hybridized carbons (Fsp3) is 0.625. The van der Waals surface area contributed by atoms with Crippen molar-refractivity contribution in [1.29, 1.82) is 0 Å². The van der Waals surface area contributed by atoms with Crippen LogP contribution in [0.1, 0.15) is 38.7 Å². The third-order valence-corrected chi connectivity index (χ3v) is 3.78. The lowest BCUT2D eigenvalue weighted by molar-refractivity contribution is 0.239. The van der Waals surface area contributed by atoms with Gasteiger partial charge in [-0.05, 0) is 55.5 Å². The van der Waals surface area contributed by atoms with Gasteiger partial charge in [0.05, 0.1) is 7.11 Å². The van der Waals surface area contributed by atoms with Gasteiger partial charge in [-0.3, -0.25) is 4.90 Å². The quantitative estimate of drug-likeness (QED) is 0.766. The molecule has 0 bridgehead atoms. The molecule has 1 aliphatic rings. The van der Waals surface area contributed by atoms with Crippen molar-refractivity contribution in [3.05, 3.63) is 23.8 Å². The van der Waals surface area contributed by atoms with E-state index in [1.807, 2.05) is 12.1 Å². The second kappa shape index (κ2) is 6.29. The minimum atomic E-state index is 0.754. The molecule has 0 saturated heterocycles. The highest BCUT2D eigenvalue weighted by Gasteiger charge is 2.29. The van der Waals surface area contributed by atoms with Crippen LogP contribution in [0.4, 0.5) is 5.69 Å². The van der Waals surface area contributed by atoms with Gasteiger partial charge >= 0.3 is 0 Å². The van der Waals surface area contributed by atoms with E-state index in [1.54, 1.807) is 7.11 Å². The Morgan fingerprint density at radius 2 is 2.11 bits per heavy atom. The smallest absolute Gasteiger partial charge is 0.119 e. The van der Waals surface area contributed by atoms with Crippen LogP contribution in [-0.4, -0.2) is 24.6 Å². The fourth-order valence-electron chi connectivity index (χ4n) is 2.32. The van der Waals surface area contributed by atoms with Gasteiger partial charge in [0.15, 0.2) is 0 Å². The minimum absolute atomic E-state index is 0.754. The van der Waals surface area contributed by atoms with E-state index < -0.39 is 0 Å². The molecule has 3 heteroatoms. The summed E-state index contributed by atoms with van der Waals surface area (Å²) in [7, 11) is 1.70. The Kier molecular flexibility index (Phi) is 4.70. The summed E-state index contributed by atoms with van der Waals surface area (Å²) >= 11 is 0. The maximum Gasteiger partial charge on any atom is 0.119 e. The van der Waals surface area contributed by atoms with E-state index in [2.05, 4.69) is 24.8 Å². The van der Waals surface area contributed by atoms with Gasteiger partial charge in [0.1, 0.15) is 5.75 Å². The number of nitrogen functional groups attached to an aromatic ring is 1. The Hall–Kier alpha value is -1.22. The van der Waals surface area contributed by atoms with E-state index >= 15 is 0 Å². The molecule has 1 fully saturated rings. The van der Waals surface area contributed by atoms with Gasteiger partial charge in [-0.2, -0.15) is 0 Å². The maximum absolute atomic E-state index is 6.09. The van der Waals surface area contributed by atoms with Gasteiger partial charge in [0, 0.05) is 18.3 Å². The summed E-state index contributed by atoms with van der Waals surface area (Å²) in [6, 6.07) is 6.71. The Labute approximate surface area is 116 Å². The van der Waals surface area contributed by atoms with Crippen molar-refractivity contribution in [2.45, 2.75) is 45.7 Å². The molecule has 2 rings (SSSR count). The summed E-state index contributed by atoms with van der Waals surface area (Å²) in [6.45, 7) is 6.68. The van der Waals surface area contributed by atoms with Crippen LogP contribution in [0, 0.1) is 5.92 Å². The maximum atomic E-state index is 6.09. The van der Waals surface area contributed by atoms with Crippen molar-refractivity contribution in [1.82, 2.24) is 4.90 Å². The molecule has 0 spiro atoms. The summed E-state index contributed by atoms with van der Waals surface area (Å²) in [5, 5.41) is 0. The molecule has 0 amide bonds. The van der Waals surface area contributed by atoms with Crippen LogP contribution in [0.15, 0.2) is 18.2 Å². The van der Waals surface area contributed by atoms with Crippen LogP contribution in [-0.2, 0) is 6.54 Å². The van der Waals surface area contributed by atoms with Crippen molar-refractivity contribution < 1.29 is 4.74 Å². The van der Waals surface area contributed by atoms with Crippen molar-refractivity contribution >= 4 is 5.69 Å². The lowest BCUT2D eigenvalue weighted by Gasteiger charge is -2.24. The van der Waals surface area contributed by atoms with E-state index in [9.17, 15) is 0 Å². The largest absolute Gasteiger partial charge is 0.497 e. The SMILES string of the molecule is COc1ccc(N)c(CN(CCC(C)C)C2CC2)c1. The molecule has 0 aromatic heterocycles. The van der Waals surface area contributed by atoms with Gasteiger partial charge < -0.3 is 10.5 Å². The number of anilines is 1. The lowest BCUT2D eigenvalue weighted by atomic mass is 10.1. The first-order chi connectivity index (χ1) is 9.10. The van der Waals surface area contributed by atoms with E-state index in [0.29, 0.717) is 0 Å². The van der Waals surface area contributed by atoms with Crippen LogP contribution in [0.5, 0.6) is 5.75 Å². The van der Waals surface area contributed by atoms with Crippen LogP contribution in [0.3, 0.4) is 0 Å². The molecule has 0 aliphatic heterocycles. The molecular formula is C16H26N2O. The van der Waals surface area contributed by atoms with Crippen molar-refractivity contribution in [3.8, 4) is 5.75 Å². The van der Waals surface area contributed by atoms with Crippen molar-refractivity contribution in [2.75, 3.05) is 19.4 Å². The summed E-state index contributed by atoms with van der Waals surface area (Å²) in [6.07, 6.45) is 3.92. The zero-order chi connectivity index (χ0) is 13.8. The number of benzene rings is 1. The molecule has 1 aliphatic carbocycles. The normalized spacial score (nSPS) is 15.2. The molecule has 19 heavy (non-hydrogen) atoms. The van der Waals surface area contributed by atoms with E-state index in [1.165, 1.54) is 31.4 Å². The van der Waals surface area contributed by atoms with Crippen LogP contribution < -0.4 is 10.5 Å². The van der Waals surface area contributed by atoms with E-state index in [-0.39, 0.29) is 0 Å². The second-order valence-corrected chi connectivity index (χ2v) is 5.95. The third-order valence-electron chi connectivity index (χ3n) is 3.78. The highest BCUT2D eigenvalue weighted by molar-refractivity contribution is 5.50. The monoisotopic (exact) mass is 262 g/mol. The summed E-state index contributed by atoms with van der Waals surface area (Å²) in [5.41, 5.74) is 8.15. The van der Waals surface area contributed by atoms with Crippen LogP contribution in [0.2, 0.25) is 0 Å². The Morgan fingerprint density at radius 3 is 2.68 bits per heavy atom. The second-order valence-electron chi connectivity index (χ2n) is 5.95. The highest BCUT2D eigenvalue weighted by Crippen LogP contribution is 2.30. The molecule has 106 valence electrons. The molecule has 1 aromatic carbocycles. The molecule has 3 nitrogen and oxygen atoms in total. The molecule has 2 N–H and O–H groups in total. The predicted octanol–water partition coefficient (Wildman–Crippen LogP) is 3.29. The number of hydrogen-bond donors (Lipinski definition) is 1. The first-order valence-corrected chi connectivity index (χ1v) is 7.26. The van der Waals surface area contributed by atoms with Gasteiger partial charge in [0.2, 0.25) is 0 Å². The van der Waals surface area contributed by atoms with Crippen molar-refractivity contribution in [3.63, 3.8) is 0 Å². The van der Waals surface area contributed by atoms with Gasteiger partial charge in [-0.1, -0.05) is 13.8 Å². The van der Waals surface area contributed by atoms with Gasteiger partial charge in [-0.15, -0.1) is 0 Å². The molecule has 1 aromatic rings. The molecule has 1 saturated carbocycles. The fourth-order valence-corrected chi connectivity index (χ4v) is 2.32. The minimum Gasteiger partial charge on any atom is -0.497 e. The average molecular weight is 262 g/mol. The molecule has 0 radical (unpaired) electrons. The van der Waals surface area contributed by atoms with Crippen LogP contribution in [0.25, 0.3) is 0 Å². The average Bonchev–Trinajstić information content (AvgIpc) is 3.20. The highest BCUT2D eigenvalue weighted by atomic mass is 16.5.